The number of nitrogens with one attached hydrogen (secondary N) is 1. The minimum Gasteiger partial charge on any atom is -0.416 e. The van der Waals surface area contributed by atoms with E-state index in [0.29, 0.717) is 0 Å². The number of aromatic nitrogens is 3. The van der Waals surface area contributed by atoms with Crippen molar-refractivity contribution in [2.24, 2.45) is 0 Å². The maximum absolute atomic E-state index is 6.43. The molecule has 6 rings (SSSR count). The van der Waals surface area contributed by atoms with Crippen LogP contribution in [0.1, 0.15) is 53.3 Å². The fourth-order valence-corrected chi connectivity index (χ4v) is 6.79. The summed E-state index contributed by atoms with van der Waals surface area (Å²) in [5.41, 5.74) is 5.09. The molecule has 0 unspecified atom stereocenters. The van der Waals surface area contributed by atoms with Gasteiger partial charge in [-0.3, -0.25) is 0 Å². The zero-order valence-electron chi connectivity index (χ0n) is 26.5. The van der Waals surface area contributed by atoms with Crippen LogP contribution in [0.15, 0.2) is 67.1 Å². The monoisotopic (exact) mass is 600 g/mol. The van der Waals surface area contributed by atoms with Gasteiger partial charge in [-0.25, -0.2) is 9.97 Å². The lowest BCUT2D eigenvalue weighted by atomic mass is 10.1. The topological polar surface area (TPSA) is 79.7 Å². The number of benzene rings is 2. The molecule has 4 heterocycles. The Morgan fingerprint density at radius 1 is 0.977 bits per heavy atom. The van der Waals surface area contributed by atoms with Gasteiger partial charge in [0.2, 0.25) is 0 Å². The van der Waals surface area contributed by atoms with E-state index in [0.717, 1.165) is 46.7 Å². The van der Waals surface area contributed by atoms with Crippen molar-refractivity contribution < 1.29 is 18.6 Å². The lowest BCUT2D eigenvalue weighted by Gasteiger charge is -2.36. The van der Waals surface area contributed by atoms with Crippen LogP contribution < -0.4 is 5.32 Å². The normalized spacial score (nSPS) is 23.5. The second-order valence-electron chi connectivity index (χ2n) is 13.7. The molecule has 1 N–H and O–H groups in total. The van der Waals surface area contributed by atoms with Crippen LogP contribution in [0.5, 0.6) is 0 Å². The number of hydrogen-bond donors (Lipinski definition) is 1. The summed E-state index contributed by atoms with van der Waals surface area (Å²) in [7, 11) is -1.76. The first kappa shape index (κ1) is 30.0. The van der Waals surface area contributed by atoms with E-state index in [2.05, 4.69) is 86.3 Å². The van der Waals surface area contributed by atoms with Crippen LogP contribution in [0.4, 0.5) is 11.5 Å². The third-order valence-electron chi connectivity index (χ3n) is 9.11. The molecule has 228 valence electrons. The number of rotatable bonds is 8. The van der Waals surface area contributed by atoms with Crippen LogP contribution in [0.25, 0.3) is 22.2 Å². The number of nitrogens with zero attached hydrogens (tertiary/aromatic N) is 3. The van der Waals surface area contributed by atoms with Crippen molar-refractivity contribution in [1.82, 2.24) is 14.5 Å². The summed E-state index contributed by atoms with van der Waals surface area (Å²) >= 11 is 0. The quantitative estimate of drug-likeness (QED) is 0.206. The Kier molecular flexibility index (Phi) is 7.75. The first-order valence-corrected chi connectivity index (χ1v) is 18.2. The van der Waals surface area contributed by atoms with Crippen molar-refractivity contribution >= 4 is 30.9 Å². The fourth-order valence-electron chi connectivity index (χ4n) is 5.74. The van der Waals surface area contributed by atoms with E-state index < -0.39 is 14.1 Å². The van der Waals surface area contributed by atoms with Gasteiger partial charge >= 0.3 is 0 Å². The van der Waals surface area contributed by atoms with Gasteiger partial charge in [0.05, 0.1) is 11.5 Å². The standard InChI is InChI=1S/C34H44N4O4Si/c1-22-28-29(42-34(5,6)41-28)32(40-22)38-20-26(24-12-10-9-11-13-24)27-30(35-21-36-31(27)38)37-25-16-14-23(15-17-25)18-19-39-43(7,8)33(2,3)4/h9-17,20-22,28-29,32H,18-19H2,1-8H3,(H,35,36,37)/t22-,28-,29-,32-/m1/s1. The predicted octanol–water partition coefficient (Wildman–Crippen LogP) is 7.84. The molecule has 2 aliphatic rings. The van der Waals surface area contributed by atoms with Crippen LogP contribution in [-0.2, 0) is 25.1 Å². The molecule has 0 aliphatic carbocycles. The molecule has 2 aromatic carbocycles. The molecule has 0 spiro atoms. The summed E-state index contributed by atoms with van der Waals surface area (Å²) in [5.74, 6) is 0.0739. The highest BCUT2D eigenvalue weighted by molar-refractivity contribution is 6.74. The van der Waals surface area contributed by atoms with Crippen LogP contribution in [0.2, 0.25) is 18.1 Å². The van der Waals surface area contributed by atoms with Gasteiger partial charge in [0.1, 0.15) is 30.0 Å². The Labute approximate surface area is 255 Å². The fraction of sp³-hybridized carbons (Fsp3) is 0.471. The van der Waals surface area contributed by atoms with Gasteiger partial charge in [0.15, 0.2) is 20.3 Å². The first-order valence-electron chi connectivity index (χ1n) is 15.2. The molecule has 2 aromatic heterocycles. The summed E-state index contributed by atoms with van der Waals surface area (Å²) in [6.07, 6.45) is 3.72. The van der Waals surface area contributed by atoms with Gasteiger partial charge in [-0.1, -0.05) is 63.2 Å². The van der Waals surface area contributed by atoms with Gasteiger partial charge in [-0.2, -0.15) is 0 Å². The van der Waals surface area contributed by atoms with E-state index in [9.17, 15) is 0 Å². The molecule has 9 heteroatoms. The van der Waals surface area contributed by atoms with Crippen LogP contribution in [-0.4, -0.2) is 53.6 Å². The van der Waals surface area contributed by atoms with E-state index in [4.69, 9.17) is 28.6 Å². The minimum absolute atomic E-state index is 0.111. The number of anilines is 2. The van der Waals surface area contributed by atoms with E-state index in [1.54, 1.807) is 6.33 Å². The lowest BCUT2D eigenvalue weighted by molar-refractivity contribution is -0.194. The van der Waals surface area contributed by atoms with Gasteiger partial charge < -0.3 is 28.5 Å². The van der Waals surface area contributed by atoms with E-state index in [1.807, 2.05) is 39.0 Å². The zero-order valence-corrected chi connectivity index (χ0v) is 27.5. The highest BCUT2D eigenvalue weighted by Crippen LogP contribution is 2.46. The summed E-state index contributed by atoms with van der Waals surface area (Å²) in [6, 6.07) is 18.9. The SMILES string of the molecule is C[C@H]1O[C@@H](n2cc(-c3ccccc3)c3c(Nc4ccc(CCO[Si](C)(C)C(C)(C)C)cc4)ncnc32)[C@@H]2OC(C)(C)O[C@@H]21. The molecule has 0 bridgehead atoms. The second kappa shape index (κ2) is 11.1. The van der Waals surface area contributed by atoms with E-state index >= 15 is 0 Å². The van der Waals surface area contributed by atoms with E-state index in [-0.39, 0.29) is 29.6 Å². The first-order chi connectivity index (χ1) is 20.3. The smallest absolute Gasteiger partial charge is 0.191 e. The number of ether oxygens (including phenoxy) is 3. The number of hydrogen-bond acceptors (Lipinski definition) is 7. The average molecular weight is 601 g/mol. The molecule has 0 radical (unpaired) electrons. The average Bonchev–Trinajstić information content (AvgIpc) is 3.59. The third-order valence-corrected chi connectivity index (χ3v) is 13.6. The van der Waals surface area contributed by atoms with Crippen molar-refractivity contribution in [2.45, 2.75) is 96.4 Å². The van der Waals surface area contributed by atoms with Gasteiger partial charge in [0, 0.05) is 24.1 Å². The van der Waals surface area contributed by atoms with Crippen molar-refractivity contribution in [3.8, 4) is 11.1 Å². The third kappa shape index (κ3) is 5.89. The molecule has 0 saturated carbocycles. The molecule has 43 heavy (non-hydrogen) atoms. The molecule has 2 aliphatic heterocycles. The Balaban J connectivity index is 1.29. The summed E-state index contributed by atoms with van der Waals surface area (Å²) in [6.45, 7) is 18.1. The molecule has 2 fully saturated rings. The Hall–Kier alpha value is -3.08. The zero-order chi connectivity index (χ0) is 30.6. The van der Waals surface area contributed by atoms with Crippen molar-refractivity contribution in [3.05, 3.63) is 72.7 Å². The lowest BCUT2D eigenvalue weighted by Crippen LogP contribution is -2.41. The maximum atomic E-state index is 6.43. The summed E-state index contributed by atoms with van der Waals surface area (Å²) in [4.78, 5) is 9.47. The molecule has 8 nitrogen and oxygen atoms in total. The molecule has 2 saturated heterocycles. The van der Waals surface area contributed by atoms with Crippen molar-refractivity contribution in [1.29, 1.82) is 0 Å². The summed E-state index contributed by atoms with van der Waals surface area (Å²) in [5, 5.41) is 4.71. The van der Waals surface area contributed by atoms with Crippen molar-refractivity contribution in [3.63, 3.8) is 0 Å². The molecule has 0 amide bonds. The minimum atomic E-state index is -1.76. The van der Waals surface area contributed by atoms with Crippen molar-refractivity contribution in [2.75, 3.05) is 11.9 Å². The molecule has 4 aromatic rings. The Bertz CT molecular complexity index is 1580. The van der Waals surface area contributed by atoms with Gasteiger partial charge in [-0.15, -0.1) is 0 Å². The molecular formula is C34H44N4O4Si. The second-order valence-corrected chi connectivity index (χ2v) is 18.5. The highest BCUT2D eigenvalue weighted by Gasteiger charge is 2.54. The largest absolute Gasteiger partial charge is 0.416 e. The van der Waals surface area contributed by atoms with Gasteiger partial charge in [-0.05, 0) is 68.6 Å². The predicted molar refractivity (Wildman–Crippen MR) is 173 cm³/mol. The summed E-state index contributed by atoms with van der Waals surface area (Å²) < 4.78 is 27.4. The van der Waals surface area contributed by atoms with Gasteiger partial charge in [0.25, 0.3) is 0 Å². The highest BCUT2D eigenvalue weighted by atomic mass is 28.4. The van der Waals surface area contributed by atoms with Crippen LogP contribution in [0, 0.1) is 0 Å². The van der Waals surface area contributed by atoms with Crippen LogP contribution >= 0.6 is 0 Å². The molecular weight excluding hydrogens is 556 g/mol. The van der Waals surface area contributed by atoms with E-state index in [1.165, 1.54) is 5.56 Å². The Morgan fingerprint density at radius 3 is 2.37 bits per heavy atom. The van der Waals surface area contributed by atoms with Crippen LogP contribution in [0.3, 0.4) is 0 Å². The Morgan fingerprint density at radius 2 is 1.67 bits per heavy atom. The molecule has 4 atom stereocenters. The number of fused-ring (bicyclic) bond motifs is 2. The maximum Gasteiger partial charge on any atom is 0.191 e.